The summed E-state index contributed by atoms with van der Waals surface area (Å²) < 4.78 is 38.8. The maximum absolute atomic E-state index is 12.9. The first-order chi connectivity index (χ1) is 15.5. The molecule has 2 N–H and O–H groups in total. The van der Waals surface area contributed by atoms with Gasteiger partial charge < -0.3 is 20.3 Å². The minimum atomic E-state index is -4.57. The van der Waals surface area contributed by atoms with Gasteiger partial charge in [-0.3, -0.25) is 0 Å². The third-order valence-corrected chi connectivity index (χ3v) is 6.85. The van der Waals surface area contributed by atoms with Gasteiger partial charge in [-0.25, -0.2) is 15.0 Å². The van der Waals surface area contributed by atoms with E-state index in [1.54, 1.807) is 18.3 Å². The fourth-order valence-corrected chi connectivity index (χ4v) is 4.92. The number of thiazole rings is 1. The Hall–Kier alpha value is -1.41. The van der Waals surface area contributed by atoms with E-state index in [1.807, 2.05) is 13.0 Å². The van der Waals surface area contributed by atoms with Gasteiger partial charge in [0.05, 0.1) is 4.88 Å². The molecule has 7 nitrogen and oxygen atoms in total. The van der Waals surface area contributed by atoms with Gasteiger partial charge in [0.25, 0.3) is 0 Å². The van der Waals surface area contributed by atoms with Crippen molar-refractivity contribution in [3.63, 3.8) is 0 Å². The van der Waals surface area contributed by atoms with Gasteiger partial charge in [-0.15, -0.1) is 11.3 Å². The first-order valence-electron chi connectivity index (χ1n) is 10.2. The molecular formula is C22H20F3KN4O3S. The van der Waals surface area contributed by atoms with E-state index in [0.29, 0.717) is 23.5 Å². The third kappa shape index (κ3) is 6.22. The van der Waals surface area contributed by atoms with E-state index in [4.69, 9.17) is 0 Å². The van der Waals surface area contributed by atoms with Crippen LogP contribution in [0.3, 0.4) is 0 Å². The number of aromatic nitrogens is 3. The number of aliphatic carboxylic acids is 1. The molecule has 2 aromatic heterocycles. The summed E-state index contributed by atoms with van der Waals surface area (Å²) in [5.41, 5.74) is -0.106. The van der Waals surface area contributed by atoms with Crippen molar-refractivity contribution in [2.75, 3.05) is 5.32 Å². The molecule has 2 heterocycles. The predicted molar refractivity (Wildman–Crippen MR) is 113 cm³/mol. The van der Waals surface area contributed by atoms with Crippen LogP contribution < -0.4 is 61.8 Å². The van der Waals surface area contributed by atoms with Gasteiger partial charge in [-0.05, 0) is 67.9 Å². The van der Waals surface area contributed by atoms with Crippen LogP contribution in [0.2, 0.25) is 0 Å². The number of nitrogens with one attached hydrogen (secondary N) is 1. The van der Waals surface area contributed by atoms with Crippen LogP contribution >= 0.6 is 11.3 Å². The number of nitrogens with zero attached hydrogens (tertiary/aromatic N) is 3. The second-order valence-electron chi connectivity index (χ2n) is 8.13. The number of anilines is 2. The molecule has 0 spiro atoms. The van der Waals surface area contributed by atoms with Gasteiger partial charge in [0.1, 0.15) is 16.3 Å². The van der Waals surface area contributed by atoms with Gasteiger partial charge in [-0.1, -0.05) is 6.07 Å². The Balaban J connectivity index is 0.00000324. The van der Waals surface area contributed by atoms with Crippen molar-refractivity contribution >= 4 is 28.9 Å². The topological polar surface area (TPSA) is 111 Å². The number of halogens is 3. The average molecular weight is 517 g/mol. The molecule has 4 rings (SSSR count). The van der Waals surface area contributed by atoms with E-state index in [9.17, 15) is 28.2 Å². The van der Waals surface area contributed by atoms with Crippen molar-refractivity contribution in [1.82, 2.24) is 15.0 Å². The maximum Gasteiger partial charge on any atom is 1.00 e. The summed E-state index contributed by atoms with van der Waals surface area (Å²) in [4.78, 5) is 23.6. The van der Waals surface area contributed by atoms with Crippen LogP contribution in [0.25, 0.3) is 10.4 Å². The molecule has 1 saturated carbocycles. The molecule has 0 bridgehead atoms. The molecule has 34 heavy (non-hydrogen) atoms. The number of aliphatic hydroxyl groups is 1. The van der Waals surface area contributed by atoms with Crippen molar-refractivity contribution in [2.24, 2.45) is 5.92 Å². The number of carboxylic acid groups (broad SMARTS) is 1. The number of hydrogen-bond acceptors (Lipinski definition) is 8. The summed E-state index contributed by atoms with van der Waals surface area (Å²) >= 11 is 1.30. The molecule has 0 amide bonds. The van der Waals surface area contributed by atoms with E-state index in [2.05, 4.69) is 20.3 Å². The molecule has 0 aliphatic heterocycles. The Morgan fingerprint density at radius 1 is 1.24 bits per heavy atom. The predicted octanol–water partition coefficient (Wildman–Crippen LogP) is 0.803. The van der Waals surface area contributed by atoms with Crippen LogP contribution in [-0.2, 0) is 16.6 Å². The Morgan fingerprint density at radius 2 is 1.94 bits per heavy atom. The normalized spacial score (nSPS) is 20.4. The van der Waals surface area contributed by atoms with E-state index < -0.39 is 29.4 Å². The fraction of sp³-hybridized carbons (Fsp3) is 0.364. The zero-order valence-electron chi connectivity index (χ0n) is 18.5. The van der Waals surface area contributed by atoms with Crippen molar-refractivity contribution < 1.29 is 79.6 Å². The van der Waals surface area contributed by atoms with Crippen LogP contribution in [0.5, 0.6) is 0 Å². The minimum absolute atomic E-state index is 0. The Morgan fingerprint density at radius 3 is 2.59 bits per heavy atom. The zero-order chi connectivity index (χ0) is 23.8. The average Bonchev–Trinajstić information content (AvgIpc) is 3.25. The summed E-state index contributed by atoms with van der Waals surface area (Å²) in [6.07, 6.45) is -0.691. The van der Waals surface area contributed by atoms with Gasteiger partial charge in [0.15, 0.2) is 0 Å². The molecule has 12 heteroatoms. The standard InChI is InChI=1S/C22H21F3N4O3S.K/c1-12-8-14(10-15(9-12)28-20-26-7-4-17(29-20)22(23,24)25)16-11-27-19(33-16)21(32)5-2-13(3-6-21)18(30)31;/h4,7-11,13,32H,2-3,5-6H2,1H3,(H,30,31)(H,26,28,29);/q;+1/p-1/t13-,21-;. The first kappa shape index (κ1) is 27.2. The van der Waals surface area contributed by atoms with E-state index in [-0.39, 0.29) is 70.2 Å². The molecule has 174 valence electrons. The molecule has 3 aromatic rings. The quantitative estimate of drug-likeness (QED) is 0.483. The Kier molecular flexibility index (Phi) is 8.54. The zero-order valence-corrected chi connectivity index (χ0v) is 22.5. The van der Waals surface area contributed by atoms with Crippen LogP contribution in [-0.4, -0.2) is 26.0 Å². The van der Waals surface area contributed by atoms with Crippen molar-refractivity contribution in [1.29, 1.82) is 0 Å². The summed E-state index contributed by atoms with van der Waals surface area (Å²) in [5.74, 6) is -1.83. The molecule has 0 unspecified atom stereocenters. The molecule has 1 fully saturated rings. The number of aryl methyl sites for hydroxylation is 1. The van der Waals surface area contributed by atoms with Crippen LogP contribution in [0.15, 0.2) is 36.7 Å². The Labute approximate surface area is 240 Å². The minimum Gasteiger partial charge on any atom is -0.550 e. The summed E-state index contributed by atoms with van der Waals surface area (Å²) in [7, 11) is 0. The Bertz CT molecular complexity index is 1180. The van der Waals surface area contributed by atoms with Gasteiger partial charge in [0, 0.05) is 24.1 Å². The van der Waals surface area contributed by atoms with Crippen molar-refractivity contribution in [3.05, 3.63) is 52.9 Å². The second-order valence-corrected chi connectivity index (χ2v) is 9.16. The molecule has 1 aliphatic rings. The number of alkyl halides is 3. The maximum atomic E-state index is 12.9. The van der Waals surface area contributed by atoms with E-state index in [0.717, 1.165) is 28.3 Å². The number of carbonyl (C=O) groups is 1. The molecule has 0 atom stereocenters. The fourth-order valence-electron chi connectivity index (χ4n) is 3.87. The second kappa shape index (κ2) is 10.7. The largest absolute Gasteiger partial charge is 1.00 e. The summed E-state index contributed by atoms with van der Waals surface area (Å²) in [5, 5.41) is 25.4. The van der Waals surface area contributed by atoms with Crippen LogP contribution in [0.1, 0.15) is 41.9 Å². The summed E-state index contributed by atoms with van der Waals surface area (Å²) in [6, 6.07) is 6.19. The van der Waals surface area contributed by atoms with Crippen molar-refractivity contribution in [3.8, 4) is 10.4 Å². The number of carbonyl (C=O) groups excluding carboxylic acids is 1. The van der Waals surface area contributed by atoms with E-state index in [1.165, 1.54) is 11.3 Å². The number of carboxylic acids is 1. The monoisotopic (exact) mass is 516 g/mol. The van der Waals surface area contributed by atoms with Crippen LogP contribution in [0.4, 0.5) is 24.8 Å². The van der Waals surface area contributed by atoms with Gasteiger partial charge >= 0.3 is 57.6 Å². The van der Waals surface area contributed by atoms with Gasteiger partial charge in [0.2, 0.25) is 5.95 Å². The molecule has 1 aliphatic carbocycles. The molecule has 1 aromatic carbocycles. The summed E-state index contributed by atoms with van der Waals surface area (Å²) in [6.45, 7) is 1.85. The SMILES string of the molecule is Cc1cc(Nc2nccc(C(F)(F)F)n2)cc(-c2cnc([C@]3(O)CC[C@H](C(=O)[O-])CC3)s2)c1.[K+]. The number of benzene rings is 1. The van der Waals surface area contributed by atoms with Crippen molar-refractivity contribution in [2.45, 2.75) is 44.4 Å². The van der Waals surface area contributed by atoms with E-state index >= 15 is 0 Å². The number of rotatable bonds is 5. The van der Waals surface area contributed by atoms with Gasteiger partial charge in [-0.2, -0.15) is 13.2 Å². The molecule has 0 radical (unpaired) electrons. The first-order valence-corrected chi connectivity index (χ1v) is 11.0. The molecular weight excluding hydrogens is 496 g/mol. The number of hydrogen-bond donors (Lipinski definition) is 2. The molecule has 0 saturated heterocycles. The van der Waals surface area contributed by atoms with Crippen LogP contribution in [0, 0.1) is 12.8 Å². The smallest absolute Gasteiger partial charge is 0.550 e. The third-order valence-electron chi connectivity index (χ3n) is 5.61.